The van der Waals surface area contributed by atoms with Crippen molar-refractivity contribution in [3.05, 3.63) is 22.4 Å². The maximum Gasteiger partial charge on any atom is 0.261 e. The minimum atomic E-state index is -0.538. The van der Waals surface area contributed by atoms with Gasteiger partial charge in [0.1, 0.15) is 6.04 Å². The molecule has 2 unspecified atom stereocenters. The molecule has 0 bridgehead atoms. The standard InChI is InChI=1S/C12H19N3O2S/c1-8(13-3)7-14-11(16)9(2)15-12(17)10-5-4-6-18-10/h4-6,8-9,13H,7H2,1-3H3,(H,14,16)(H,15,17). The highest BCUT2D eigenvalue weighted by atomic mass is 32.1. The predicted molar refractivity (Wildman–Crippen MR) is 72.8 cm³/mol. The quantitative estimate of drug-likeness (QED) is 0.708. The van der Waals surface area contributed by atoms with Gasteiger partial charge in [0.05, 0.1) is 4.88 Å². The average molecular weight is 269 g/mol. The Bertz CT molecular complexity index is 392. The normalized spacial score (nSPS) is 13.7. The van der Waals surface area contributed by atoms with E-state index in [4.69, 9.17) is 0 Å². The van der Waals surface area contributed by atoms with E-state index in [1.54, 1.807) is 19.1 Å². The molecule has 1 aromatic rings. The molecular weight excluding hydrogens is 250 g/mol. The summed E-state index contributed by atoms with van der Waals surface area (Å²) in [5, 5.41) is 10.3. The largest absolute Gasteiger partial charge is 0.353 e. The lowest BCUT2D eigenvalue weighted by Gasteiger charge is -2.16. The van der Waals surface area contributed by atoms with Crippen molar-refractivity contribution in [2.45, 2.75) is 25.9 Å². The zero-order valence-electron chi connectivity index (χ0n) is 10.8. The Kier molecular flexibility index (Phi) is 5.80. The van der Waals surface area contributed by atoms with Gasteiger partial charge < -0.3 is 16.0 Å². The van der Waals surface area contributed by atoms with Crippen molar-refractivity contribution >= 4 is 23.2 Å². The zero-order valence-corrected chi connectivity index (χ0v) is 11.6. The van der Waals surface area contributed by atoms with Gasteiger partial charge in [-0.15, -0.1) is 11.3 Å². The summed E-state index contributed by atoms with van der Waals surface area (Å²) in [7, 11) is 1.83. The highest BCUT2D eigenvalue weighted by Crippen LogP contribution is 2.07. The first kappa shape index (κ1) is 14.7. The minimum absolute atomic E-state index is 0.179. The van der Waals surface area contributed by atoms with Gasteiger partial charge in [0.2, 0.25) is 5.91 Å². The lowest BCUT2D eigenvalue weighted by molar-refractivity contribution is -0.122. The monoisotopic (exact) mass is 269 g/mol. The Morgan fingerprint density at radius 3 is 2.67 bits per heavy atom. The van der Waals surface area contributed by atoms with Crippen LogP contribution in [0.15, 0.2) is 17.5 Å². The molecule has 6 heteroatoms. The third kappa shape index (κ3) is 4.46. The van der Waals surface area contributed by atoms with Crippen molar-refractivity contribution < 1.29 is 9.59 Å². The number of carbonyl (C=O) groups excluding carboxylic acids is 2. The molecule has 3 N–H and O–H groups in total. The number of carbonyl (C=O) groups is 2. The topological polar surface area (TPSA) is 70.2 Å². The van der Waals surface area contributed by atoms with Crippen molar-refractivity contribution in [2.75, 3.05) is 13.6 Å². The Hall–Kier alpha value is -1.40. The van der Waals surface area contributed by atoms with Crippen LogP contribution < -0.4 is 16.0 Å². The van der Waals surface area contributed by atoms with Gasteiger partial charge in [-0.2, -0.15) is 0 Å². The SMILES string of the molecule is CNC(C)CNC(=O)C(C)NC(=O)c1cccs1. The Morgan fingerprint density at radius 1 is 1.39 bits per heavy atom. The molecular formula is C12H19N3O2S. The van der Waals surface area contributed by atoms with Crippen LogP contribution in [0.25, 0.3) is 0 Å². The third-order valence-electron chi connectivity index (χ3n) is 2.56. The summed E-state index contributed by atoms with van der Waals surface area (Å²) < 4.78 is 0. The van der Waals surface area contributed by atoms with Crippen LogP contribution in [-0.4, -0.2) is 37.5 Å². The summed E-state index contributed by atoms with van der Waals surface area (Å²) in [5.41, 5.74) is 0. The zero-order chi connectivity index (χ0) is 13.5. The van der Waals surface area contributed by atoms with Crippen LogP contribution in [0, 0.1) is 0 Å². The second kappa shape index (κ2) is 7.13. The Morgan fingerprint density at radius 2 is 2.11 bits per heavy atom. The number of likely N-dealkylation sites (N-methyl/N-ethyl adjacent to an activating group) is 1. The summed E-state index contributed by atoms with van der Waals surface area (Å²) in [6.07, 6.45) is 0. The first-order valence-corrected chi connectivity index (χ1v) is 6.72. The van der Waals surface area contributed by atoms with Gasteiger partial charge in [0.25, 0.3) is 5.91 Å². The summed E-state index contributed by atoms with van der Waals surface area (Å²) in [6, 6.07) is 3.20. The summed E-state index contributed by atoms with van der Waals surface area (Å²) in [5.74, 6) is -0.392. The molecule has 0 spiro atoms. The van der Waals surface area contributed by atoms with Gasteiger partial charge in [-0.1, -0.05) is 6.07 Å². The summed E-state index contributed by atoms with van der Waals surface area (Å²) in [6.45, 7) is 4.18. The van der Waals surface area contributed by atoms with E-state index in [2.05, 4.69) is 16.0 Å². The van der Waals surface area contributed by atoms with E-state index in [9.17, 15) is 9.59 Å². The smallest absolute Gasteiger partial charge is 0.261 e. The number of hydrogen-bond acceptors (Lipinski definition) is 4. The van der Waals surface area contributed by atoms with E-state index in [-0.39, 0.29) is 17.9 Å². The van der Waals surface area contributed by atoms with E-state index in [1.807, 2.05) is 19.4 Å². The number of rotatable bonds is 6. The fourth-order valence-corrected chi connectivity index (χ4v) is 1.88. The van der Waals surface area contributed by atoms with Crippen LogP contribution in [0.1, 0.15) is 23.5 Å². The van der Waals surface area contributed by atoms with Crippen molar-refractivity contribution in [1.82, 2.24) is 16.0 Å². The fraction of sp³-hybridized carbons (Fsp3) is 0.500. The van der Waals surface area contributed by atoms with Crippen LogP contribution >= 0.6 is 11.3 Å². The van der Waals surface area contributed by atoms with Crippen molar-refractivity contribution in [3.63, 3.8) is 0 Å². The molecule has 0 aromatic carbocycles. The molecule has 0 fully saturated rings. The molecule has 1 heterocycles. The Balaban J connectivity index is 2.38. The molecule has 100 valence electrons. The van der Waals surface area contributed by atoms with Gasteiger partial charge in [-0.05, 0) is 32.3 Å². The molecule has 2 atom stereocenters. The lowest BCUT2D eigenvalue weighted by atomic mass is 10.2. The molecule has 2 amide bonds. The molecule has 5 nitrogen and oxygen atoms in total. The second-order valence-electron chi connectivity index (χ2n) is 4.11. The fourth-order valence-electron chi connectivity index (χ4n) is 1.25. The predicted octanol–water partition coefficient (Wildman–Crippen LogP) is 0.591. The maximum atomic E-state index is 11.7. The molecule has 0 aliphatic heterocycles. The molecule has 1 aromatic heterocycles. The van der Waals surface area contributed by atoms with E-state index in [1.165, 1.54) is 11.3 Å². The van der Waals surface area contributed by atoms with Gasteiger partial charge >= 0.3 is 0 Å². The Labute approximate surface area is 111 Å². The highest BCUT2D eigenvalue weighted by Gasteiger charge is 2.17. The first-order chi connectivity index (χ1) is 8.54. The van der Waals surface area contributed by atoms with Crippen LogP contribution in [0.5, 0.6) is 0 Å². The third-order valence-corrected chi connectivity index (χ3v) is 3.43. The van der Waals surface area contributed by atoms with Crippen molar-refractivity contribution in [1.29, 1.82) is 0 Å². The second-order valence-corrected chi connectivity index (χ2v) is 5.06. The van der Waals surface area contributed by atoms with Crippen molar-refractivity contribution in [2.24, 2.45) is 0 Å². The number of amides is 2. The molecule has 0 aliphatic rings. The molecule has 1 rings (SSSR count). The maximum absolute atomic E-state index is 11.7. The van der Waals surface area contributed by atoms with E-state index < -0.39 is 6.04 Å². The van der Waals surface area contributed by atoms with Crippen molar-refractivity contribution in [3.8, 4) is 0 Å². The van der Waals surface area contributed by atoms with Crippen LogP contribution in [0.4, 0.5) is 0 Å². The van der Waals surface area contributed by atoms with Crippen LogP contribution in [0.2, 0.25) is 0 Å². The lowest BCUT2D eigenvalue weighted by Crippen LogP contribution is -2.47. The van der Waals surface area contributed by atoms with Gasteiger partial charge in [-0.25, -0.2) is 0 Å². The van der Waals surface area contributed by atoms with Crippen LogP contribution in [-0.2, 0) is 4.79 Å². The van der Waals surface area contributed by atoms with E-state index >= 15 is 0 Å². The van der Waals surface area contributed by atoms with Gasteiger partial charge in [0, 0.05) is 12.6 Å². The minimum Gasteiger partial charge on any atom is -0.353 e. The van der Waals surface area contributed by atoms with Gasteiger partial charge in [0.15, 0.2) is 0 Å². The molecule has 18 heavy (non-hydrogen) atoms. The molecule has 0 saturated heterocycles. The molecule has 0 radical (unpaired) electrons. The number of nitrogens with one attached hydrogen (secondary N) is 3. The molecule has 0 saturated carbocycles. The summed E-state index contributed by atoms with van der Waals surface area (Å²) >= 11 is 1.35. The first-order valence-electron chi connectivity index (χ1n) is 5.84. The average Bonchev–Trinajstić information content (AvgIpc) is 2.89. The highest BCUT2D eigenvalue weighted by molar-refractivity contribution is 7.12. The number of hydrogen-bond donors (Lipinski definition) is 3. The van der Waals surface area contributed by atoms with Gasteiger partial charge in [-0.3, -0.25) is 9.59 Å². The number of thiophene rings is 1. The van der Waals surface area contributed by atoms with E-state index in [0.29, 0.717) is 11.4 Å². The molecule has 0 aliphatic carbocycles. The van der Waals surface area contributed by atoms with Crippen LogP contribution in [0.3, 0.4) is 0 Å². The summed E-state index contributed by atoms with van der Waals surface area (Å²) in [4.78, 5) is 24.0. The van der Waals surface area contributed by atoms with E-state index in [0.717, 1.165) is 0 Å².